The number of nitrogens with zero attached hydrogens (tertiary/aromatic N) is 1. The van der Waals surface area contributed by atoms with Crippen LogP contribution in [0, 0.1) is 0 Å². The molecule has 0 bridgehead atoms. The fourth-order valence-corrected chi connectivity index (χ4v) is 1.70. The maximum atomic E-state index is 5.59. The summed E-state index contributed by atoms with van der Waals surface area (Å²) in [7, 11) is 1.10. The molecule has 0 fully saturated rings. The minimum absolute atomic E-state index is 0.678. The molecule has 0 aromatic rings. The summed E-state index contributed by atoms with van der Waals surface area (Å²) in [5.41, 5.74) is 1.14. The third kappa shape index (κ3) is 7.15. The van der Waals surface area contributed by atoms with Crippen molar-refractivity contribution in [1.29, 1.82) is 0 Å². The Kier molecular flexibility index (Phi) is 6.12. The molecule has 0 unspecified atom stereocenters. The van der Waals surface area contributed by atoms with Crippen LogP contribution in [-0.4, -0.2) is 33.4 Å². The van der Waals surface area contributed by atoms with Crippen LogP contribution in [0.1, 0.15) is 13.3 Å². The van der Waals surface area contributed by atoms with Gasteiger partial charge in [-0.15, -0.1) is 0 Å². The van der Waals surface area contributed by atoms with Gasteiger partial charge in [0.15, 0.2) is 0 Å². The Morgan fingerprint density at radius 1 is 1.36 bits per heavy atom. The summed E-state index contributed by atoms with van der Waals surface area (Å²) < 4.78 is 5.59. The van der Waals surface area contributed by atoms with E-state index in [1.54, 1.807) is 0 Å². The first kappa shape index (κ1) is 13.7. The smallest absolute Gasteiger partial charge is 0.118 e. The van der Waals surface area contributed by atoms with Crippen molar-refractivity contribution >= 4 is 8.07 Å². The van der Waals surface area contributed by atoms with Gasteiger partial charge in [0.05, 0.1) is 0 Å². The summed E-state index contributed by atoms with van der Waals surface area (Å²) in [4.78, 5) is 2.07. The minimum atomic E-state index is -0.931. The lowest BCUT2D eigenvalue weighted by Gasteiger charge is -2.22. The highest BCUT2D eigenvalue weighted by Gasteiger charge is 2.12. The van der Waals surface area contributed by atoms with Crippen LogP contribution in [0.2, 0.25) is 25.7 Å². The predicted octanol–water partition coefficient (Wildman–Crippen LogP) is 3.15. The normalized spacial score (nSPS) is 11.5. The van der Waals surface area contributed by atoms with Crippen molar-refractivity contribution in [2.75, 3.05) is 20.4 Å². The molecular formula is C11H25NOSi. The van der Waals surface area contributed by atoms with E-state index >= 15 is 0 Å². The van der Waals surface area contributed by atoms with E-state index in [4.69, 9.17) is 4.74 Å². The summed E-state index contributed by atoms with van der Waals surface area (Å²) in [5, 5.41) is 0. The van der Waals surface area contributed by atoms with Crippen LogP contribution in [-0.2, 0) is 4.74 Å². The van der Waals surface area contributed by atoms with Crippen molar-refractivity contribution in [3.63, 3.8) is 0 Å². The Bertz CT molecular complexity index is 175. The van der Waals surface area contributed by atoms with Crippen molar-refractivity contribution in [2.24, 2.45) is 0 Å². The molecule has 0 aliphatic rings. The van der Waals surface area contributed by atoms with Crippen LogP contribution in [0.3, 0.4) is 0 Å². The number of allylic oxidation sites excluding steroid dienone is 1. The third-order valence-electron chi connectivity index (χ3n) is 2.23. The second-order valence-corrected chi connectivity index (χ2v) is 10.6. The second kappa shape index (κ2) is 6.25. The molecule has 0 N–H and O–H groups in total. The van der Waals surface area contributed by atoms with Gasteiger partial charge in [-0.1, -0.05) is 33.1 Å². The number of hydrogen-bond donors (Lipinski definition) is 0. The standard InChI is InChI=1S/C11H25NOSi/c1-7-11(2)12(3)10-13-8-9-14(4,5)6/h2,7-10H2,1,3-6H3. The molecule has 0 saturated heterocycles. The lowest BCUT2D eigenvalue weighted by Crippen LogP contribution is -2.25. The molecule has 0 aromatic heterocycles. The molecule has 0 aliphatic carbocycles. The van der Waals surface area contributed by atoms with Crippen LogP contribution in [0.5, 0.6) is 0 Å². The molecule has 0 heterocycles. The third-order valence-corrected chi connectivity index (χ3v) is 3.93. The molecule has 0 spiro atoms. The summed E-state index contributed by atoms with van der Waals surface area (Å²) in [6.07, 6.45) is 0.994. The zero-order valence-electron chi connectivity index (χ0n) is 10.4. The van der Waals surface area contributed by atoms with Gasteiger partial charge in [-0.3, -0.25) is 0 Å². The highest BCUT2D eigenvalue weighted by atomic mass is 28.3. The number of hydrogen-bond acceptors (Lipinski definition) is 2. The van der Waals surface area contributed by atoms with Crippen molar-refractivity contribution < 1.29 is 4.74 Å². The highest BCUT2D eigenvalue weighted by molar-refractivity contribution is 6.76. The molecule has 84 valence electrons. The molecule has 0 atom stereocenters. The fourth-order valence-electron chi connectivity index (χ4n) is 0.941. The maximum absolute atomic E-state index is 5.59. The Hall–Kier alpha value is -0.283. The lowest BCUT2D eigenvalue weighted by molar-refractivity contribution is 0.0672. The predicted molar refractivity (Wildman–Crippen MR) is 66.2 cm³/mol. The molecule has 0 aromatic carbocycles. The molecule has 2 nitrogen and oxygen atoms in total. The van der Waals surface area contributed by atoms with Crippen molar-refractivity contribution in [2.45, 2.75) is 39.0 Å². The van der Waals surface area contributed by atoms with Gasteiger partial charge in [-0.25, -0.2) is 0 Å². The van der Waals surface area contributed by atoms with Crippen LogP contribution < -0.4 is 0 Å². The van der Waals surface area contributed by atoms with Crippen LogP contribution in [0.25, 0.3) is 0 Å². The average Bonchev–Trinajstić information content (AvgIpc) is 2.09. The zero-order chi connectivity index (χ0) is 11.2. The van der Waals surface area contributed by atoms with E-state index in [0.717, 1.165) is 18.7 Å². The van der Waals surface area contributed by atoms with Crippen molar-refractivity contribution in [3.8, 4) is 0 Å². The number of ether oxygens (including phenoxy) is 1. The van der Waals surface area contributed by atoms with E-state index < -0.39 is 8.07 Å². The average molecular weight is 215 g/mol. The molecule has 0 amide bonds. The first-order valence-corrected chi connectivity index (χ1v) is 9.04. The topological polar surface area (TPSA) is 12.5 Å². The molecule has 0 aliphatic heterocycles. The monoisotopic (exact) mass is 215 g/mol. The summed E-state index contributed by atoms with van der Waals surface area (Å²) in [5.74, 6) is 0. The van der Waals surface area contributed by atoms with Crippen LogP contribution in [0.15, 0.2) is 12.3 Å². The Morgan fingerprint density at radius 3 is 2.36 bits per heavy atom. The van der Waals surface area contributed by atoms with Gasteiger partial charge in [0, 0.05) is 27.4 Å². The van der Waals surface area contributed by atoms with Gasteiger partial charge in [-0.05, 0) is 12.5 Å². The molecule has 14 heavy (non-hydrogen) atoms. The highest BCUT2D eigenvalue weighted by Crippen LogP contribution is 2.08. The van der Waals surface area contributed by atoms with Gasteiger partial charge >= 0.3 is 0 Å². The van der Waals surface area contributed by atoms with E-state index in [9.17, 15) is 0 Å². The van der Waals surface area contributed by atoms with Gasteiger partial charge in [0.2, 0.25) is 0 Å². The minimum Gasteiger partial charge on any atom is -0.361 e. The van der Waals surface area contributed by atoms with Crippen LogP contribution >= 0.6 is 0 Å². The molecule has 0 radical (unpaired) electrons. The molecule has 3 heteroatoms. The van der Waals surface area contributed by atoms with Crippen LogP contribution in [0.4, 0.5) is 0 Å². The molecule has 0 saturated carbocycles. The largest absolute Gasteiger partial charge is 0.361 e. The van der Waals surface area contributed by atoms with E-state index in [2.05, 4.69) is 38.0 Å². The van der Waals surface area contributed by atoms with Crippen molar-refractivity contribution in [1.82, 2.24) is 4.90 Å². The summed E-state index contributed by atoms with van der Waals surface area (Å²) in [6, 6.07) is 1.24. The first-order chi connectivity index (χ1) is 6.37. The molecular weight excluding hydrogens is 190 g/mol. The Labute approximate surface area is 90.0 Å². The SMILES string of the molecule is C=C(CC)N(C)COCC[Si](C)(C)C. The lowest BCUT2D eigenvalue weighted by atomic mass is 10.3. The zero-order valence-corrected chi connectivity index (χ0v) is 11.4. The Balaban J connectivity index is 3.50. The van der Waals surface area contributed by atoms with Gasteiger partial charge in [0.25, 0.3) is 0 Å². The first-order valence-electron chi connectivity index (χ1n) is 5.33. The fraction of sp³-hybridized carbons (Fsp3) is 0.818. The van der Waals surface area contributed by atoms with E-state index in [0.29, 0.717) is 6.73 Å². The molecule has 0 rings (SSSR count). The summed E-state index contributed by atoms with van der Waals surface area (Å²) >= 11 is 0. The Morgan fingerprint density at radius 2 is 1.93 bits per heavy atom. The van der Waals surface area contributed by atoms with Gasteiger partial charge in [0.1, 0.15) is 6.73 Å². The van der Waals surface area contributed by atoms with Gasteiger partial charge < -0.3 is 9.64 Å². The van der Waals surface area contributed by atoms with E-state index in [-0.39, 0.29) is 0 Å². The second-order valence-electron chi connectivity index (χ2n) is 4.97. The summed E-state index contributed by atoms with van der Waals surface area (Å²) in [6.45, 7) is 14.7. The quantitative estimate of drug-likeness (QED) is 0.367. The van der Waals surface area contributed by atoms with Crippen molar-refractivity contribution in [3.05, 3.63) is 12.3 Å². The van der Waals surface area contributed by atoms with Gasteiger partial charge in [-0.2, -0.15) is 0 Å². The number of rotatable bonds is 7. The van der Waals surface area contributed by atoms with E-state index in [1.165, 1.54) is 6.04 Å². The van der Waals surface area contributed by atoms with E-state index in [1.807, 2.05) is 7.05 Å². The maximum Gasteiger partial charge on any atom is 0.118 e.